The summed E-state index contributed by atoms with van der Waals surface area (Å²) < 4.78 is 27.2. The number of rotatable bonds is 6. The maximum absolute atomic E-state index is 12.8. The summed E-state index contributed by atoms with van der Waals surface area (Å²) in [6.45, 7) is 6.88. The second-order valence-corrected chi connectivity index (χ2v) is 8.42. The van der Waals surface area contributed by atoms with Crippen molar-refractivity contribution in [1.29, 1.82) is 0 Å². The molecule has 6 heteroatoms. The highest BCUT2D eigenvalue weighted by Crippen LogP contribution is 2.24. The molecule has 0 bridgehead atoms. The minimum atomic E-state index is -3.35. The molecule has 4 nitrogen and oxygen atoms in total. The maximum Gasteiger partial charge on any atom is 0.243 e. The highest BCUT2D eigenvalue weighted by molar-refractivity contribution is 7.99. The lowest BCUT2D eigenvalue weighted by molar-refractivity contribution is 0.443. The van der Waals surface area contributed by atoms with Gasteiger partial charge in [0.1, 0.15) is 0 Å². The molecule has 0 aromatic heterocycles. The Bertz CT molecular complexity index is 567. The van der Waals surface area contributed by atoms with E-state index in [2.05, 4.69) is 12.2 Å². The van der Waals surface area contributed by atoms with Crippen molar-refractivity contribution >= 4 is 21.8 Å². The van der Waals surface area contributed by atoms with Crippen LogP contribution < -0.4 is 5.32 Å². The third-order valence-corrected chi connectivity index (χ3v) is 6.58. The summed E-state index contributed by atoms with van der Waals surface area (Å²) in [6.07, 6.45) is 1.07. The fourth-order valence-electron chi connectivity index (χ4n) is 2.37. The SMILES string of the molecule is CCCNCc1ccc(C)c(S(=O)(=O)N2CCSCC2)c1. The number of sulfonamides is 1. The summed E-state index contributed by atoms with van der Waals surface area (Å²) >= 11 is 1.81. The third kappa shape index (κ3) is 4.22. The summed E-state index contributed by atoms with van der Waals surface area (Å²) in [5, 5.41) is 3.32. The van der Waals surface area contributed by atoms with Crippen molar-refractivity contribution in [3.63, 3.8) is 0 Å². The Kier molecular flexibility index (Phi) is 6.10. The molecule has 1 N–H and O–H groups in total. The average molecular weight is 329 g/mol. The number of nitrogens with one attached hydrogen (secondary N) is 1. The predicted molar refractivity (Wildman–Crippen MR) is 89.3 cm³/mol. The van der Waals surface area contributed by atoms with Crippen LogP contribution in [-0.4, -0.2) is 43.9 Å². The number of hydrogen-bond acceptors (Lipinski definition) is 4. The van der Waals surface area contributed by atoms with Crippen LogP contribution in [0.25, 0.3) is 0 Å². The molecular formula is C15H24N2O2S2. The monoisotopic (exact) mass is 328 g/mol. The van der Waals surface area contributed by atoms with Crippen molar-refractivity contribution in [3.05, 3.63) is 29.3 Å². The van der Waals surface area contributed by atoms with Crippen LogP contribution in [0.1, 0.15) is 24.5 Å². The summed E-state index contributed by atoms with van der Waals surface area (Å²) in [4.78, 5) is 0.463. The van der Waals surface area contributed by atoms with E-state index >= 15 is 0 Å². The number of hydrogen-bond donors (Lipinski definition) is 1. The summed E-state index contributed by atoms with van der Waals surface area (Å²) in [5.74, 6) is 1.77. The molecule has 1 aromatic carbocycles. The van der Waals surface area contributed by atoms with Crippen molar-refractivity contribution in [3.8, 4) is 0 Å². The lowest BCUT2D eigenvalue weighted by Gasteiger charge is -2.26. The molecular weight excluding hydrogens is 304 g/mol. The van der Waals surface area contributed by atoms with E-state index in [0.717, 1.165) is 35.6 Å². The van der Waals surface area contributed by atoms with E-state index in [1.807, 2.05) is 36.9 Å². The molecule has 1 heterocycles. The molecule has 0 radical (unpaired) electrons. The van der Waals surface area contributed by atoms with Gasteiger partial charge in [-0.3, -0.25) is 0 Å². The van der Waals surface area contributed by atoms with Gasteiger partial charge in [-0.15, -0.1) is 0 Å². The fourth-order valence-corrected chi connectivity index (χ4v) is 5.22. The van der Waals surface area contributed by atoms with Crippen molar-refractivity contribution in [1.82, 2.24) is 9.62 Å². The van der Waals surface area contributed by atoms with Crippen molar-refractivity contribution in [2.75, 3.05) is 31.1 Å². The van der Waals surface area contributed by atoms with Crippen LogP contribution in [0, 0.1) is 6.92 Å². The van der Waals surface area contributed by atoms with Gasteiger partial charge in [-0.25, -0.2) is 8.42 Å². The molecule has 0 atom stereocenters. The Hall–Kier alpha value is -0.560. The highest BCUT2D eigenvalue weighted by Gasteiger charge is 2.27. The molecule has 1 saturated heterocycles. The first-order valence-electron chi connectivity index (χ1n) is 7.44. The van der Waals surface area contributed by atoms with Gasteiger partial charge >= 0.3 is 0 Å². The minimum absolute atomic E-state index is 0.463. The second kappa shape index (κ2) is 7.63. The normalized spacial score (nSPS) is 17.0. The Balaban J connectivity index is 2.22. The van der Waals surface area contributed by atoms with E-state index in [9.17, 15) is 8.42 Å². The Morgan fingerprint density at radius 3 is 2.67 bits per heavy atom. The summed E-state index contributed by atoms with van der Waals surface area (Å²) in [6, 6.07) is 5.74. The Morgan fingerprint density at radius 2 is 2.00 bits per heavy atom. The maximum atomic E-state index is 12.8. The van der Waals surface area contributed by atoms with E-state index in [0.29, 0.717) is 24.5 Å². The van der Waals surface area contributed by atoms with Crippen molar-refractivity contribution < 1.29 is 8.42 Å². The quantitative estimate of drug-likeness (QED) is 0.814. The van der Waals surface area contributed by atoms with Gasteiger partial charge < -0.3 is 5.32 Å². The molecule has 0 unspecified atom stereocenters. The van der Waals surface area contributed by atoms with Crippen molar-refractivity contribution in [2.45, 2.75) is 31.7 Å². The van der Waals surface area contributed by atoms with Gasteiger partial charge in [-0.05, 0) is 37.1 Å². The number of nitrogens with zero attached hydrogens (tertiary/aromatic N) is 1. The first-order valence-corrected chi connectivity index (χ1v) is 10.0. The first kappa shape index (κ1) is 16.8. The van der Waals surface area contributed by atoms with Crippen LogP contribution in [0.3, 0.4) is 0 Å². The smallest absolute Gasteiger partial charge is 0.243 e. The standard InChI is InChI=1S/C15H24N2O2S2/c1-3-6-16-12-14-5-4-13(2)15(11-14)21(18,19)17-7-9-20-10-8-17/h4-5,11,16H,3,6-10,12H2,1-2H3. The zero-order valence-electron chi connectivity index (χ0n) is 12.8. The number of benzene rings is 1. The summed E-state index contributed by atoms with van der Waals surface area (Å²) in [5.41, 5.74) is 1.85. The Labute approximate surface area is 132 Å². The van der Waals surface area contributed by atoms with Crippen LogP contribution in [0.5, 0.6) is 0 Å². The van der Waals surface area contributed by atoms with Gasteiger partial charge in [0.15, 0.2) is 0 Å². The highest BCUT2D eigenvalue weighted by atomic mass is 32.2. The van der Waals surface area contributed by atoms with Gasteiger partial charge in [0.25, 0.3) is 0 Å². The molecule has 118 valence electrons. The average Bonchev–Trinajstić information content (AvgIpc) is 2.50. The summed E-state index contributed by atoms with van der Waals surface area (Å²) in [7, 11) is -3.35. The third-order valence-electron chi connectivity index (χ3n) is 3.60. The largest absolute Gasteiger partial charge is 0.313 e. The first-order chi connectivity index (χ1) is 10.1. The minimum Gasteiger partial charge on any atom is -0.313 e. The molecule has 0 amide bonds. The lowest BCUT2D eigenvalue weighted by Crippen LogP contribution is -2.38. The number of aryl methyl sites for hydroxylation is 1. The van der Waals surface area contributed by atoms with Crippen LogP contribution >= 0.6 is 11.8 Å². The van der Waals surface area contributed by atoms with Crippen LogP contribution in [0.15, 0.2) is 23.1 Å². The number of thioether (sulfide) groups is 1. The van der Waals surface area contributed by atoms with E-state index in [4.69, 9.17) is 0 Å². The van der Waals surface area contributed by atoms with Gasteiger partial charge in [0.05, 0.1) is 4.90 Å². The molecule has 21 heavy (non-hydrogen) atoms. The fraction of sp³-hybridized carbons (Fsp3) is 0.600. The van der Waals surface area contributed by atoms with E-state index < -0.39 is 10.0 Å². The molecule has 2 rings (SSSR count). The second-order valence-electron chi connectivity index (χ2n) is 5.29. The predicted octanol–water partition coefficient (Wildman–Crippen LogP) is 2.23. The van der Waals surface area contributed by atoms with Gasteiger partial charge in [-0.1, -0.05) is 19.1 Å². The molecule has 0 saturated carbocycles. The molecule has 0 spiro atoms. The Morgan fingerprint density at radius 1 is 1.29 bits per heavy atom. The molecule has 0 aliphatic carbocycles. The topological polar surface area (TPSA) is 49.4 Å². The molecule has 1 aliphatic rings. The zero-order chi connectivity index (χ0) is 15.3. The van der Waals surface area contributed by atoms with E-state index in [-0.39, 0.29) is 0 Å². The molecule has 1 fully saturated rings. The van der Waals surface area contributed by atoms with Crippen molar-refractivity contribution in [2.24, 2.45) is 0 Å². The van der Waals surface area contributed by atoms with Crippen LogP contribution in [0.2, 0.25) is 0 Å². The zero-order valence-corrected chi connectivity index (χ0v) is 14.4. The van der Waals surface area contributed by atoms with Crippen LogP contribution in [-0.2, 0) is 16.6 Å². The van der Waals surface area contributed by atoms with E-state index in [1.165, 1.54) is 0 Å². The molecule has 1 aromatic rings. The van der Waals surface area contributed by atoms with E-state index in [1.54, 1.807) is 4.31 Å². The molecule has 1 aliphatic heterocycles. The van der Waals surface area contributed by atoms with Gasteiger partial charge in [0, 0.05) is 31.1 Å². The lowest BCUT2D eigenvalue weighted by atomic mass is 10.1. The van der Waals surface area contributed by atoms with Crippen LogP contribution in [0.4, 0.5) is 0 Å². The van der Waals surface area contributed by atoms with Gasteiger partial charge in [-0.2, -0.15) is 16.1 Å². The van der Waals surface area contributed by atoms with Gasteiger partial charge in [0.2, 0.25) is 10.0 Å².